The van der Waals surface area contributed by atoms with Crippen LogP contribution in [0.25, 0.3) is 11.2 Å². The predicted octanol–water partition coefficient (Wildman–Crippen LogP) is 3.02. The number of nitrogens with one attached hydrogen (secondary N) is 2. The molecule has 0 spiro atoms. The molecular weight excluding hydrogens is 955 g/mol. The number of nitrogen functional groups attached to an aromatic ring is 1. The lowest BCUT2D eigenvalue weighted by Crippen LogP contribution is -2.46. The van der Waals surface area contributed by atoms with Crippen LogP contribution in [0.3, 0.4) is 0 Å². The molecule has 372 valence electrons. The molecule has 0 aromatic carbocycles. The first-order valence-electron chi connectivity index (χ1n) is 21.0. The minimum Gasteiger partial charge on any atom is -0.466 e. The third kappa shape index (κ3) is 16.5. The van der Waals surface area contributed by atoms with Crippen LogP contribution in [0.2, 0.25) is 0 Å². The van der Waals surface area contributed by atoms with Crippen LogP contribution in [-0.4, -0.2) is 123 Å². The molecule has 4 heterocycles. The van der Waals surface area contributed by atoms with E-state index in [1.807, 2.05) is 0 Å². The van der Waals surface area contributed by atoms with Gasteiger partial charge in [0.25, 0.3) is 0 Å². The summed E-state index contributed by atoms with van der Waals surface area (Å²) in [7, 11) is -16.4. The molecule has 29 heteroatoms. The Hall–Kier alpha value is -3.16. The Bertz CT molecular complexity index is 2270. The van der Waals surface area contributed by atoms with Gasteiger partial charge >= 0.3 is 23.5 Å². The molecule has 0 radical (unpaired) electrons. The van der Waals surface area contributed by atoms with Crippen molar-refractivity contribution in [1.29, 1.82) is 0 Å². The molecule has 4 rings (SSSR count). The van der Waals surface area contributed by atoms with Crippen molar-refractivity contribution < 1.29 is 84.9 Å². The second kappa shape index (κ2) is 24.4. The van der Waals surface area contributed by atoms with E-state index in [4.69, 9.17) is 23.9 Å². The van der Waals surface area contributed by atoms with E-state index in [1.54, 1.807) is 0 Å². The van der Waals surface area contributed by atoms with Crippen LogP contribution in [0.5, 0.6) is 0 Å². The number of hydrogen-bond acceptors (Lipinski definition) is 19. The fourth-order valence-electron chi connectivity index (χ4n) is 6.70. The van der Waals surface area contributed by atoms with Crippen LogP contribution in [0.15, 0.2) is 17.1 Å². The van der Waals surface area contributed by atoms with Gasteiger partial charge < -0.3 is 55.3 Å². The number of anilines is 1. The normalized spacial score (nSPS) is 20.2. The Labute approximate surface area is 384 Å². The summed E-state index contributed by atoms with van der Waals surface area (Å²) < 4.78 is 68.5. The Morgan fingerprint density at radius 1 is 0.939 bits per heavy atom. The van der Waals surface area contributed by atoms with E-state index < -0.39 is 84.6 Å². The van der Waals surface area contributed by atoms with Crippen molar-refractivity contribution in [2.75, 3.05) is 37.8 Å². The highest BCUT2D eigenvalue weighted by molar-refractivity contribution is 8.13. The van der Waals surface area contributed by atoms with Crippen molar-refractivity contribution in [3.63, 3.8) is 0 Å². The quantitative estimate of drug-likeness (QED) is 0.0373. The highest BCUT2D eigenvalue weighted by atomic mass is 32.2. The molecule has 2 amide bonds. The second-order valence-electron chi connectivity index (χ2n) is 16.2. The van der Waals surface area contributed by atoms with E-state index >= 15 is 0 Å². The number of fused-ring (bicyclic) bond motifs is 1. The topological polar surface area (TPSA) is 377 Å². The summed E-state index contributed by atoms with van der Waals surface area (Å²) in [6.07, 6.45) is 0.0255. The van der Waals surface area contributed by atoms with E-state index in [0.717, 1.165) is 85.4 Å². The standard InChI is InChI=1S/C37H60N7O18P3S/c1-6-11-24-22(2)23(3)25(59-24)12-9-7-8-10-13-28(46)66-17-16-39-27(45)14-15-40-35(49)32(48)37(4,5)19-58-65(55,56)62-64(53,54)57-18-26-31(61-63(50,51)52)30(47)36(60-26)44-21-43-29-33(38)41-20-42-34(29)44/h20-21,26,30-32,36,47-48H,6-19H2,1-5H3,(H,39,45)(H,40,49)(H,53,54)(H,55,56)(H2,38,41,42)(H2,50,51,52). The molecule has 1 aliphatic heterocycles. The molecule has 25 nitrogen and oxygen atoms in total. The number of amides is 2. The van der Waals surface area contributed by atoms with Crippen LogP contribution in [0.4, 0.5) is 5.82 Å². The van der Waals surface area contributed by atoms with Gasteiger partial charge in [-0.1, -0.05) is 45.4 Å². The van der Waals surface area contributed by atoms with Crippen molar-refractivity contribution in [3.8, 4) is 0 Å². The zero-order chi connectivity index (χ0) is 49.0. The molecule has 66 heavy (non-hydrogen) atoms. The molecule has 0 saturated carbocycles. The van der Waals surface area contributed by atoms with Gasteiger partial charge in [-0.25, -0.2) is 28.6 Å². The molecular formula is C37H60N7O18P3S. The summed E-state index contributed by atoms with van der Waals surface area (Å²) >= 11 is 1.13. The summed E-state index contributed by atoms with van der Waals surface area (Å²) in [5, 5.41) is 26.6. The average Bonchev–Trinajstić information content (AvgIpc) is 3.88. The van der Waals surface area contributed by atoms with Gasteiger partial charge in [0, 0.05) is 49.9 Å². The molecule has 3 aromatic rings. The van der Waals surface area contributed by atoms with Gasteiger partial charge in [0.1, 0.15) is 47.8 Å². The van der Waals surface area contributed by atoms with E-state index in [0.29, 0.717) is 12.2 Å². The molecule has 7 atom stereocenters. The van der Waals surface area contributed by atoms with Crippen LogP contribution in [0.1, 0.15) is 94.6 Å². The van der Waals surface area contributed by atoms with Crippen molar-refractivity contribution in [2.45, 2.75) is 123 Å². The first-order valence-corrected chi connectivity index (χ1v) is 26.5. The highest BCUT2D eigenvalue weighted by Gasteiger charge is 2.50. The summed E-state index contributed by atoms with van der Waals surface area (Å²) in [6.45, 7) is 6.84. The zero-order valence-electron chi connectivity index (χ0n) is 37.1. The SMILES string of the molecule is CCCc1oc(CCCCCCC(=O)SCCNC(=O)CCNC(=O)C(O)C(C)(C)COP(=O)(O)OP(=O)(O)OCC2OC(n3cnc4c(N)ncnc43)C(O)C2OP(=O)(O)O)c(C)c1C. The van der Waals surface area contributed by atoms with Gasteiger partial charge in [-0.2, -0.15) is 4.31 Å². The molecule has 0 bridgehead atoms. The number of hydrogen-bond donors (Lipinski definition) is 9. The zero-order valence-corrected chi connectivity index (χ0v) is 40.6. The lowest BCUT2D eigenvalue weighted by Gasteiger charge is -2.30. The number of rotatable bonds is 28. The number of aryl methyl sites for hydroxylation is 2. The summed E-state index contributed by atoms with van der Waals surface area (Å²) in [6, 6.07) is 0. The number of phosphoric ester groups is 3. The van der Waals surface area contributed by atoms with Gasteiger partial charge in [0.2, 0.25) is 11.8 Å². The van der Waals surface area contributed by atoms with Crippen molar-refractivity contribution in [3.05, 3.63) is 35.3 Å². The van der Waals surface area contributed by atoms with Gasteiger partial charge in [-0.15, -0.1) is 0 Å². The van der Waals surface area contributed by atoms with Crippen LogP contribution in [0, 0.1) is 19.3 Å². The molecule has 10 N–H and O–H groups in total. The first kappa shape index (κ1) is 55.4. The van der Waals surface area contributed by atoms with Crippen LogP contribution >= 0.6 is 35.2 Å². The van der Waals surface area contributed by atoms with Crippen molar-refractivity contribution >= 4 is 69.1 Å². The maximum atomic E-state index is 12.7. The lowest BCUT2D eigenvalue weighted by molar-refractivity contribution is -0.137. The van der Waals surface area contributed by atoms with Crippen molar-refractivity contribution in [1.82, 2.24) is 30.2 Å². The Morgan fingerprint density at radius 3 is 2.29 bits per heavy atom. The number of aliphatic hydroxyl groups excluding tert-OH is 2. The lowest BCUT2D eigenvalue weighted by atomic mass is 9.87. The van der Waals surface area contributed by atoms with Gasteiger partial charge in [0.15, 0.2) is 22.8 Å². The summed E-state index contributed by atoms with van der Waals surface area (Å²) in [4.78, 5) is 88.4. The number of thioether (sulfide) groups is 1. The molecule has 7 unspecified atom stereocenters. The fraction of sp³-hybridized carbons (Fsp3) is 0.676. The molecule has 0 aliphatic carbocycles. The van der Waals surface area contributed by atoms with E-state index in [9.17, 15) is 57.9 Å². The third-order valence-corrected chi connectivity index (χ3v) is 14.5. The van der Waals surface area contributed by atoms with E-state index in [1.165, 1.54) is 25.0 Å². The summed E-state index contributed by atoms with van der Waals surface area (Å²) in [5.74, 6) is 1.04. The van der Waals surface area contributed by atoms with E-state index in [2.05, 4.69) is 55.2 Å². The number of carbonyl (C=O) groups is 3. The van der Waals surface area contributed by atoms with Gasteiger partial charge in [-0.05, 0) is 44.2 Å². The van der Waals surface area contributed by atoms with Gasteiger partial charge in [0.05, 0.1) is 19.5 Å². The monoisotopic (exact) mass is 1020 g/mol. The fourth-order valence-corrected chi connectivity index (χ4v) is 10.2. The minimum atomic E-state index is -5.58. The number of nitrogens with zero attached hydrogens (tertiary/aromatic N) is 4. The number of furan rings is 1. The van der Waals surface area contributed by atoms with Crippen LogP contribution in [-0.2, 0) is 63.5 Å². The van der Waals surface area contributed by atoms with Crippen molar-refractivity contribution in [2.24, 2.45) is 5.41 Å². The first-order chi connectivity index (χ1) is 30.8. The largest absolute Gasteiger partial charge is 0.481 e. The molecule has 1 aliphatic rings. The molecule has 1 fully saturated rings. The maximum Gasteiger partial charge on any atom is 0.481 e. The summed E-state index contributed by atoms with van der Waals surface area (Å²) in [5.41, 5.74) is 6.73. The average molecular weight is 1020 g/mol. The number of aliphatic hydroxyl groups is 2. The van der Waals surface area contributed by atoms with Crippen LogP contribution < -0.4 is 16.4 Å². The highest BCUT2D eigenvalue weighted by Crippen LogP contribution is 2.61. The molecule has 1 saturated heterocycles. The number of phosphoric acid groups is 3. The third-order valence-electron chi connectivity index (χ3n) is 10.4. The number of carbonyl (C=O) groups excluding carboxylic acids is 3. The molecule has 3 aromatic heterocycles. The Balaban J connectivity index is 1.12. The Morgan fingerprint density at radius 2 is 1.61 bits per heavy atom. The van der Waals surface area contributed by atoms with Gasteiger partial charge in [-0.3, -0.25) is 32.5 Å². The smallest absolute Gasteiger partial charge is 0.466 e. The number of unbranched alkanes of at least 4 members (excludes halogenated alkanes) is 3. The minimum absolute atomic E-state index is 0.0305. The number of aromatic nitrogens is 4. The number of nitrogens with two attached hydrogens (primary N) is 1. The van der Waals surface area contributed by atoms with E-state index in [-0.39, 0.29) is 41.6 Å². The Kier molecular flexibility index (Phi) is 20.5. The second-order valence-corrected chi connectivity index (χ2v) is 21.5. The number of ether oxygens (including phenoxy) is 1. The maximum absolute atomic E-state index is 12.7. The predicted molar refractivity (Wildman–Crippen MR) is 236 cm³/mol. The number of imidazole rings is 1.